The van der Waals surface area contributed by atoms with Crippen LogP contribution in [0.5, 0.6) is 0 Å². The molecule has 2 heterocycles. The van der Waals surface area contributed by atoms with Gasteiger partial charge in [0, 0.05) is 31.9 Å². The Bertz CT molecular complexity index is 860. The molecule has 1 aromatic heterocycles. The van der Waals surface area contributed by atoms with Gasteiger partial charge in [-0.3, -0.25) is 15.0 Å². The molecule has 1 aliphatic rings. The molecule has 3 aromatic rings. The van der Waals surface area contributed by atoms with E-state index in [0.29, 0.717) is 5.92 Å². The van der Waals surface area contributed by atoms with Gasteiger partial charge in [0.1, 0.15) is 0 Å². The predicted octanol–water partition coefficient (Wildman–Crippen LogP) is 4.59. The van der Waals surface area contributed by atoms with Crippen molar-refractivity contribution >= 4 is 11.4 Å². The first-order chi connectivity index (χ1) is 12.2. The van der Waals surface area contributed by atoms with E-state index in [4.69, 9.17) is 0 Å². The van der Waals surface area contributed by atoms with Crippen LogP contribution in [0.2, 0.25) is 0 Å². The summed E-state index contributed by atoms with van der Waals surface area (Å²) >= 11 is 0. The lowest BCUT2D eigenvalue weighted by Gasteiger charge is -2.33. The van der Waals surface area contributed by atoms with Crippen LogP contribution in [-0.4, -0.2) is 18.6 Å². The summed E-state index contributed by atoms with van der Waals surface area (Å²) < 4.78 is 0. The lowest BCUT2D eigenvalue weighted by Crippen LogP contribution is -2.39. The highest BCUT2D eigenvalue weighted by Crippen LogP contribution is 2.39. The molecule has 1 atom stereocenters. The summed E-state index contributed by atoms with van der Waals surface area (Å²) in [6.45, 7) is 3.11. The number of rotatable bonds is 4. The van der Waals surface area contributed by atoms with Crippen molar-refractivity contribution in [2.45, 2.75) is 19.3 Å². The van der Waals surface area contributed by atoms with Gasteiger partial charge >= 0.3 is 0 Å². The molecule has 126 valence electrons. The first kappa shape index (κ1) is 15.7. The Morgan fingerprint density at radius 2 is 1.80 bits per heavy atom. The Morgan fingerprint density at radius 3 is 2.60 bits per heavy atom. The van der Waals surface area contributed by atoms with E-state index >= 15 is 0 Å². The number of anilines is 2. The fraction of sp³-hybridized carbons (Fsp3) is 0.227. The average molecular weight is 329 g/mol. The number of fused-ring (bicyclic) bond motifs is 1. The molecule has 0 amide bonds. The van der Waals surface area contributed by atoms with Crippen LogP contribution in [0.25, 0.3) is 0 Å². The molecule has 0 radical (unpaired) electrons. The van der Waals surface area contributed by atoms with Crippen molar-refractivity contribution in [3.8, 4) is 0 Å². The van der Waals surface area contributed by atoms with E-state index in [9.17, 15) is 0 Å². The van der Waals surface area contributed by atoms with Crippen LogP contribution in [-0.2, 0) is 6.42 Å². The van der Waals surface area contributed by atoms with Crippen LogP contribution in [0.3, 0.4) is 0 Å². The van der Waals surface area contributed by atoms with Crippen LogP contribution in [0.1, 0.15) is 22.6 Å². The van der Waals surface area contributed by atoms with E-state index in [2.05, 4.69) is 89.6 Å². The van der Waals surface area contributed by atoms with Crippen molar-refractivity contribution in [3.05, 3.63) is 89.7 Å². The Kier molecular flexibility index (Phi) is 4.14. The first-order valence-corrected chi connectivity index (χ1v) is 8.78. The molecule has 0 saturated carbocycles. The molecule has 0 aliphatic carbocycles. The molecule has 2 aromatic carbocycles. The highest BCUT2D eigenvalue weighted by molar-refractivity contribution is 5.66. The number of benzene rings is 2. The third-order valence-corrected chi connectivity index (χ3v) is 5.07. The fourth-order valence-electron chi connectivity index (χ4n) is 3.79. The minimum atomic E-state index is 0.503. The number of para-hydroxylation sites is 1. The summed E-state index contributed by atoms with van der Waals surface area (Å²) in [5, 5.41) is 4.66. The maximum Gasteiger partial charge on any atom is 0.0630 e. The van der Waals surface area contributed by atoms with E-state index in [1.165, 1.54) is 28.1 Å². The second kappa shape index (κ2) is 6.60. The third kappa shape index (κ3) is 2.98. The molecule has 0 N–H and O–H groups in total. The minimum Gasteiger partial charge on any atom is -0.288 e. The smallest absolute Gasteiger partial charge is 0.0630 e. The summed E-state index contributed by atoms with van der Waals surface area (Å²) in [4.78, 5) is 4.22. The molecule has 25 heavy (non-hydrogen) atoms. The number of hydrogen-bond acceptors (Lipinski definition) is 3. The minimum absolute atomic E-state index is 0.503. The Morgan fingerprint density at radius 1 is 1.04 bits per heavy atom. The van der Waals surface area contributed by atoms with Gasteiger partial charge in [0.2, 0.25) is 0 Å². The van der Waals surface area contributed by atoms with E-state index in [0.717, 1.165) is 13.0 Å². The monoisotopic (exact) mass is 329 g/mol. The molecular formula is C22H23N3. The predicted molar refractivity (Wildman–Crippen MR) is 104 cm³/mol. The number of hydrogen-bond donors (Lipinski definition) is 0. The zero-order valence-electron chi connectivity index (χ0n) is 14.8. The van der Waals surface area contributed by atoms with E-state index in [1.54, 1.807) is 0 Å². The lowest BCUT2D eigenvalue weighted by atomic mass is 9.94. The second-order valence-electron chi connectivity index (χ2n) is 6.71. The summed E-state index contributed by atoms with van der Waals surface area (Å²) in [5.41, 5.74) is 6.53. The number of aryl methyl sites for hydroxylation is 1. The molecule has 1 unspecified atom stereocenters. The molecule has 1 aliphatic heterocycles. The number of pyridine rings is 1. The van der Waals surface area contributed by atoms with Crippen molar-refractivity contribution in [2.24, 2.45) is 0 Å². The maximum atomic E-state index is 4.22. The SMILES string of the molecule is Cc1cnccc1N(C)N1CC(Cc2ccccc2)c2ccccc21. The molecule has 0 fully saturated rings. The van der Waals surface area contributed by atoms with E-state index < -0.39 is 0 Å². The molecule has 0 bridgehead atoms. The third-order valence-electron chi connectivity index (χ3n) is 5.07. The van der Waals surface area contributed by atoms with Crippen molar-refractivity contribution < 1.29 is 0 Å². The van der Waals surface area contributed by atoms with E-state index in [1.807, 2.05) is 12.4 Å². The molecule has 0 saturated heterocycles. The van der Waals surface area contributed by atoms with Crippen molar-refractivity contribution in [1.29, 1.82) is 0 Å². The van der Waals surface area contributed by atoms with Crippen LogP contribution < -0.4 is 10.0 Å². The fourth-order valence-corrected chi connectivity index (χ4v) is 3.79. The standard InChI is InChI=1S/C22H23N3/c1-17-15-23-13-12-21(17)24(2)25-16-19(14-18-8-4-3-5-9-18)20-10-6-7-11-22(20)25/h3-13,15,19H,14,16H2,1-2H3. The van der Waals surface area contributed by atoms with Gasteiger partial charge in [-0.1, -0.05) is 48.5 Å². The highest BCUT2D eigenvalue weighted by Gasteiger charge is 2.31. The van der Waals surface area contributed by atoms with Gasteiger partial charge in [-0.2, -0.15) is 0 Å². The summed E-state index contributed by atoms with van der Waals surface area (Å²) in [6, 6.07) is 21.7. The van der Waals surface area contributed by atoms with Crippen LogP contribution >= 0.6 is 0 Å². The molecule has 3 nitrogen and oxygen atoms in total. The van der Waals surface area contributed by atoms with Crippen molar-refractivity contribution in [1.82, 2.24) is 4.98 Å². The Labute approximate surface area is 149 Å². The molecule has 0 spiro atoms. The topological polar surface area (TPSA) is 19.4 Å². The number of nitrogens with zero attached hydrogens (tertiary/aromatic N) is 3. The molecular weight excluding hydrogens is 306 g/mol. The first-order valence-electron chi connectivity index (χ1n) is 8.78. The number of hydrazine groups is 1. The van der Waals surface area contributed by atoms with Crippen molar-refractivity contribution in [2.75, 3.05) is 23.6 Å². The molecule has 3 heteroatoms. The normalized spacial score (nSPS) is 15.9. The van der Waals surface area contributed by atoms with Crippen LogP contribution in [0.4, 0.5) is 11.4 Å². The second-order valence-corrected chi connectivity index (χ2v) is 6.71. The zero-order chi connectivity index (χ0) is 17.2. The zero-order valence-corrected chi connectivity index (χ0v) is 14.8. The summed E-state index contributed by atoms with van der Waals surface area (Å²) in [6.07, 6.45) is 4.86. The highest BCUT2D eigenvalue weighted by atomic mass is 15.6. The lowest BCUT2D eigenvalue weighted by molar-refractivity contribution is 0.682. The van der Waals surface area contributed by atoms with Gasteiger partial charge < -0.3 is 0 Å². The largest absolute Gasteiger partial charge is 0.288 e. The van der Waals surface area contributed by atoms with Gasteiger partial charge in [-0.05, 0) is 42.2 Å². The van der Waals surface area contributed by atoms with E-state index in [-0.39, 0.29) is 0 Å². The quantitative estimate of drug-likeness (QED) is 0.698. The van der Waals surface area contributed by atoms with Gasteiger partial charge in [0.15, 0.2) is 0 Å². The summed E-state index contributed by atoms with van der Waals surface area (Å²) in [7, 11) is 2.14. The van der Waals surface area contributed by atoms with Crippen LogP contribution in [0.15, 0.2) is 73.1 Å². The van der Waals surface area contributed by atoms with Crippen molar-refractivity contribution in [3.63, 3.8) is 0 Å². The molecule has 4 rings (SSSR count). The van der Waals surface area contributed by atoms with Gasteiger partial charge in [-0.15, -0.1) is 0 Å². The average Bonchev–Trinajstić information content (AvgIpc) is 3.01. The van der Waals surface area contributed by atoms with Gasteiger partial charge in [0.25, 0.3) is 0 Å². The Hall–Kier alpha value is -2.81. The van der Waals surface area contributed by atoms with Gasteiger partial charge in [-0.25, -0.2) is 0 Å². The van der Waals surface area contributed by atoms with Crippen LogP contribution in [0, 0.1) is 6.92 Å². The Balaban J connectivity index is 1.65. The van der Waals surface area contributed by atoms with Gasteiger partial charge in [0.05, 0.1) is 11.4 Å². The maximum absolute atomic E-state index is 4.22. The summed E-state index contributed by atoms with van der Waals surface area (Å²) in [5.74, 6) is 0.503. The number of aromatic nitrogens is 1.